The summed E-state index contributed by atoms with van der Waals surface area (Å²) >= 11 is 0. The van der Waals surface area contributed by atoms with E-state index in [1.165, 1.54) is 6.92 Å². The summed E-state index contributed by atoms with van der Waals surface area (Å²) in [5, 5.41) is 0. The molecule has 0 aromatic heterocycles. The number of carbonyl (C=O) groups is 1. The Kier molecular flexibility index (Phi) is 4.74. The second kappa shape index (κ2) is 6.32. The van der Waals surface area contributed by atoms with Gasteiger partial charge in [0.15, 0.2) is 0 Å². The number of hydrogen-bond acceptors (Lipinski definition) is 5. The van der Waals surface area contributed by atoms with Crippen LogP contribution in [0.5, 0.6) is 0 Å². The van der Waals surface area contributed by atoms with Gasteiger partial charge in [0, 0.05) is 27.1 Å². The number of ether oxygens (including phenoxy) is 3. The van der Waals surface area contributed by atoms with Gasteiger partial charge in [0.05, 0.1) is 6.61 Å². The molecule has 2 rings (SSSR count). The Morgan fingerprint density at radius 2 is 2.32 bits per heavy atom. The molecule has 0 radical (unpaired) electrons. The zero-order valence-electron chi connectivity index (χ0n) is 11.5. The molecule has 0 saturated carbocycles. The Bertz CT molecular complexity index is 380. The van der Waals surface area contributed by atoms with Gasteiger partial charge in [-0.25, -0.2) is 0 Å². The van der Waals surface area contributed by atoms with Crippen LogP contribution in [0, 0.1) is 0 Å². The standard InChI is InChI=1S/C14H21NO4/c1-12(16)19-13-6-5-9-15-8-4-3-7-14(13,15)10-18-11-17-2/h3,5-7,13H,4,8-11H2,1-2H3/t13-,14-/m0/s1. The molecule has 2 atom stereocenters. The normalized spacial score (nSPS) is 30.1. The van der Waals surface area contributed by atoms with Crippen molar-refractivity contribution in [1.82, 2.24) is 4.90 Å². The zero-order chi connectivity index (χ0) is 13.7. The summed E-state index contributed by atoms with van der Waals surface area (Å²) in [6, 6.07) is 0. The first-order chi connectivity index (χ1) is 9.19. The van der Waals surface area contributed by atoms with E-state index in [1.807, 2.05) is 12.2 Å². The van der Waals surface area contributed by atoms with Crippen LogP contribution in [-0.2, 0) is 19.0 Å². The maximum atomic E-state index is 11.3. The topological polar surface area (TPSA) is 48.0 Å². The molecule has 0 unspecified atom stereocenters. The average molecular weight is 267 g/mol. The third kappa shape index (κ3) is 3.05. The number of methoxy groups -OCH3 is 1. The quantitative estimate of drug-likeness (QED) is 0.323. The average Bonchev–Trinajstić information content (AvgIpc) is 2.39. The van der Waals surface area contributed by atoms with E-state index in [2.05, 4.69) is 17.1 Å². The maximum Gasteiger partial charge on any atom is 0.303 e. The van der Waals surface area contributed by atoms with Gasteiger partial charge in [-0.1, -0.05) is 18.2 Å². The first-order valence-corrected chi connectivity index (χ1v) is 6.52. The highest BCUT2D eigenvalue weighted by Gasteiger charge is 2.45. The van der Waals surface area contributed by atoms with Gasteiger partial charge in [-0.3, -0.25) is 9.69 Å². The minimum atomic E-state index is -0.406. The third-order valence-electron chi connectivity index (χ3n) is 3.52. The third-order valence-corrected chi connectivity index (χ3v) is 3.52. The van der Waals surface area contributed by atoms with Crippen LogP contribution in [0.4, 0.5) is 0 Å². The summed E-state index contributed by atoms with van der Waals surface area (Å²) in [6.07, 6.45) is 8.91. The number of rotatable bonds is 5. The number of hydrogen-bond donors (Lipinski definition) is 0. The summed E-state index contributed by atoms with van der Waals surface area (Å²) in [5.41, 5.74) is -0.406. The van der Waals surface area contributed by atoms with Crippen LogP contribution >= 0.6 is 0 Å². The van der Waals surface area contributed by atoms with Crippen LogP contribution in [0.25, 0.3) is 0 Å². The molecule has 2 aliphatic rings. The van der Waals surface area contributed by atoms with E-state index in [1.54, 1.807) is 7.11 Å². The van der Waals surface area contributed by atoms with Crippen molar-refractivity contribution in [3.63, 3.8) is 0 Å². The molecule has 2 heterocycles. The zero-order valence-corrected chi connectivity index (χ0v) is 11.5. The van der Waals surface area contributed by atoms with Gasteiger partial charge in [-0.2, -0.15) is 0 Å². The molecule has 0 N–H and O–H groups in total. The van der Waals surface area contributed by atoms with Crippen LogP contribution in [0.2, 0.25) is 0 Å². The highest BCUT2D eigenvalue weighted by atomic mass is 16.7. The van der Waals surface area contributed by atoms with Crippen molar-refractivity contribution in [3.8, 4) is 0 Å². The maximum absolute atomic E-state index is 11.3. The van der Waals surface area contributed by atoms with Gasteiger partial charge >= 0.3 is 5.97 Å². The molecular formula is C14H21NO4. The van der Waals surface area contributed by atoms with Gasteiger partial charge in [-0.15, -0.1) is 0 Å². The second-order valence-corrected chi connectivity index (χ2v) is 4.84. The predicted molar refractivity (Wildman–Crippen MR) is 70.6 cm³/mol. The van der Waals surface area contributed by atoms with E-state index in [9.17, 15) is 4.79 Å². The SMILES string of the molecule is COCOC[C@]12C=CCCN1CC=C[C@@H]2OC(C)=O. The van der Waals surface area contributed by atoms with Crippen molar-refractivity contribution < 1.29 is 19.0 Å². The highest BCUT2D eigenvalue weighted by molar-refractivity contribution is 5.66. The van der Waals surface area contributed by atoms with E-state index in [0.717, 1.165) is 19.5 Å². The van der Waals surface area contributed by atoms with E-state index in [-0.39, 0.29) is 18.9 Å². The summed E-state index contributed by atoms with van der Waals surface area (Å²) < 4.78 is 15.9. The van der Waals surface area contributed by atoms with Crippen LogP contribution in [0.1, 0.15) is 13.3 Å². The Hall–Kier alpha value is -1.17. The molecule has 106 valence electrons. The molecule has 0 bridgehead atoms. The monoisotopic (exact) mass is 267 g/mol. The van der Waals surface area contributed by atoms with Gasteiger partial charge in [-0.05, 0) is 12.5 Å². The lowest BCUT2D eigenvalue weighted by atomic mass is 9.84. The van der Waals surface area contributed by atoms with Gasteiger partial charge < -0.3 is 14.2 Å². The molecule has 0 saturated heterocycles. The van der Waals surface area contributed by atoms with E-state index in [4.69, 9.17) is 14.2 Å². The lowest BCUT2D eigenvalue weighted by Crippen LogP contribution is -2.62. The van der Waals surface area contributed by atoms with Gasteiger partial charge in [0.1, 0.15) is 18.4 Å². The molecule has 0 spiro atoms. The van der Waals surface area contributed by atoms with Crippen molar-refractivity contribution in [2.75, 3.05) is 33.6 Å². The largest absolute Gasteiger partial charge is 0.456 e. The van der Waals surface area contributed by atoms with Crippen LogP contribution in [0.3, 0.4) is 0 Å². The molecule has 5 heteroatoms. The summed E-state index contributed by atoms with van der Waals surface area (Å²) in [4.78, 5) is 13.6. The first kappa shape index (κ1) is 14.2. The van der Waals surface area contributed by atoms with E-state index < -0.39 is 5.54 Å². The molecule has 2 aliphatic heterocycles. The summed E-state index contributed by atoms with van der Waals surface area (Å²) in [7, 11) is 1.59. The highest BCUT2D eigenvalue weighted by Crippen LogP contribution is 2.32. The number of nitrogens with zero attached hydrogens (tertiary/aromatic N) is 1. The minimum Gasteiger partial charge on any atom is -0.456 e. The smallest absolute Gasteiger partial charge is 0.303 e. The van der Waals surface area contributed by atoms with Crippen molar-refractivity contribution >= 4 is 5.97 Å². The lowest BCUT2D eigenvalue weighted by molar-refractivity contribution is -0.155. The van der Waals surface area contributed by atoms with Crippen LogP contribution < -0.4 is 0 Å². The second-order valence-electron chi connectivity index (χ2n) is 4.84. The summed E-state index contributed by atoms with van der Waals surface area (Å²) in [6.45, 7) is 3.90. The fraction of sp³-hybridized carbons (Fsp3) is 0.643. The molecule has 0 aromatic carbocycles. The Labute approximate surface area is 113 Å². The van der Waals surface area contributed by atoms with Gasteiger partial charge in [0.2, 0.25) is 0 Å². The fourth-order valence-electron chi connectivity index (χ4n) is 2.68. The number of carbonyl (C=O) groups excluding carboxylic acids is 1. The Morgan fingerprint density at radius 1 is 1.47 bits per heavy atom. The number of esters is 1. The Morgan fingerprint density at radius 3 is 3.05 bits per heavy atom. The van der Waals surface area contributed by atoms with Crippen molar-refractivity contribution in [2.45, 2.75) is 25.0 Å². The molecule has 0 aliphatic carbocycles. The molecule has 0 fully saturated rings. The van der Waals surface area contributed by atoms with E-state index >= 15 is 0 Å². The minimum absolute atomic E-state index is 0.236. The summed E-state index contributed by atoms with van der Waals surface area (Å²) in [5.74, 6) is -0.276. The molecule has 19 heavy (non-hydrogen) atoms. The Balaban J connectivity index is 2.20. The van der Waals surface area contributed by atoms with Crippen molar-refractivity contribution in [1.29, 1.82) is 0 Å². The van der Waals surface area contributed by atoms with Gasteiger partial charge in [0.25, 0.3) is 0 Å². The number of fused-ring (bicyclic) bond motifs is 1. The molecule has 0 aromatic rings. The lowest BCUT2D eigenvalue weighted by Gasteiger charge is -2.48. The fourth-order valence-corrected chi connectivity index (χ4v) is 2.68. The van der Waals surface area contributed by atoms with Crippen molar-refractivity contribution in [2.24, 2.45) is 0 Å². The van der Waals surface area contributed by atoms with Crippen LogP contribution in [0.15, 0.2) is 24.3 Å². The molecular weight excluding hydrogens is 246 g/mol. The predicted octanol–water partition coefficient (Wildman–Crippen LogP) is 1.11. The van der Waals surface area contributed by atoms with Crippen molar-refractivity contribution in [3.05, 3.63) is 24.3 Å². The van der Waals surface area contributed by atoms with E-state index in [0.29, 0.717) is 6.61 Å². The molecule has 0 amide bonds. The first-order valence-electron chi connectivity index (χ1n) is 6.52. The van der Waals surface area contributed by atoms with Crippen LogP contribution in [-0.4, -0.2) is 56.1 Å². The molecule has 5 nitrogen and oxygen atoms in total.